The Morgan fingerprint density at radius 2 is 1.96 bits per heavy atom. The molecule has 0 aliphatic carbocycles. The summed E-state index contributed by atoms with van der Waals surface area (Å²) in [5, 5.41) is 9.28. The molecule has 0 N–H and O–H groups in total. The van der Waals surface area contributed by atoms with Gasteiger partial charge < -0.3 is 4.74 Å². The average molecular weight is 375 g/mol. The fourth-order valence-corrected chi connectivity index (χ4v) is 3.08. The molecule has 0 saturated heterocycles. The second-order valence-electron chi connectivity index (χ2n) is 6.92. The molecular weight excluding hydrogens is 354 g/mol. The topological polar surface area (TPSA) is 74.8 Å². The predicted molar refractivity (Wildman–Crippen MR) is 105 cm³/mol. The number of rotatable bonds is 5. The van der Waals surface area contributed by atoms with Gasteiger partial charge in [-0.2, -0.15) is 10.2 Å². The molecule has 0 fully saturated rings. The monoisotopic (exact) mass is 375 g/mol. The number of pyridine rings is 1. The lowest BCUT2D eigenvalue weighted by Crippen LogP contribution is -2.08. The Kier molecular flexibility index (Phi) is 4.65. The van der Waals surface area contributed by atoms with Gasteiger partial charge in [-0.25, -0.2) is 19.1 Å². The van der Waals surface area contributed by atoms with Crippen molar-refractivity contribution in [2.75, 3.05) is 0 Å². The number of fused-ring (bicyclic) bond motifs is 1. The maximum Gasteiger partial charge on any atom is 0.339 e. The van der Waals surface area contributed by atoms with Crippen LogP contribution in [-0.4, -0.2) is 30.5 Å². The molecule has 142 valence electrons. The lowest BCUT2D eigenvalue weighted by atomic mass is 10.1. The fraction of sp³-hybridized carbons (Fsp3) is 0.238. The van der Waals surface area contributed by atoms with Crippen molar-refractivity contribution in [2.45, 2.75) is 33.4 Å². The molecule has 0 aliphatic rings. The fourth-order valence-electron chi connectivity index (χ4n) is 3.08. The number of esters is 1. The van der Waals surface area contributed by atoms with Crippen LogP contribution in [0.3, 0.4) is 0 Å². The number of ether oxygens (including phenoxy) is 1. The summed E-state index contributed by atoms with van der Waals surface area (Å²) in [6.07, 6.45) is 5.29. The summed E-state index contributed by atoms with van der Waals surface area (Å²) in [4.78, 5) is 17.3. The Bertz CT molecular complexity index is 1110. The first-order valence-corrected chi connectivity index (χ1v) is 9.14. The highest BCUT2D eigenvalue weighted by Gasteiger charge is 2.18. The van der Waals surface area contributed by atoms with Gasteiger partial charge in [0.05, 0.1) is 22.8 Å². The molecule has 0 amide bonds. The summed E-state index contributed by atoms with van der Waals surface area (Å²) in [5.41, 5.74) is 3.80. The van der Waals surface area contributed by atoms with Crippen LogP contribution in [0.4, 0.5) is 0 Å². The SMILES string of the molecule is Cc1cc(C(=O)OCc2ccc(-n3cccn3)cc2)c2cnn(C(C)C)c2n1. The molecular formula is C21H21N5O2. The van der Waals surface area contributed by atoms with Crippen LogP contribution in [0.1, 0.15) is 41.5 Å². The Labute approximate surface area is 162 Å². The van der Waals surface area contributed by atoms with Gasteiger partial charge in [0.2, 0.25) is 0 Å². The largest absolute Gasteiger partial charge is 0.457 e. The quantitative estimate of drug-likeness (QED) is 0.495. The highest BCUT2D eigenvalue weighted by molar-refractivity contribution is 6.02. The first-order chi connectivity index (χ1) is 13.5. The maximum absolute atomic E-state index is 12.7. The van der Waals surface area contributed by atoms with Crippen molar-refractivity contribution in [3.05, 3.63) is 71.8 Å². The van der Waals surface area contributed by atoms with E-state index in [1.54, 1.807) is 23.1 Å². The van der Waals surface area contributed by atoms with E-state index in [4.69, 9.17) is 4.74 Å². The summed E-state index contributed by atoms with van der Waals surface area (Å²) in [5.74, 6) is -0.380. The number of hydrogen-bond acceptors (Lipinski definition) is 5. The normalized spacial score (nSPS) is 11.3. The zero-order valence-corrected chi connectivity index (χ0v) is 16.0. The van der Waals surface area contributed by atoms with E-state index >= 15 is 0 Å². The molecule has 0 bridgehead atoms. The van der Waals surface area contributed by atoms with Gasteiger partial charge in [-0.3, -0.25) is 0 Å². The summed E-state index contributed by atoms with van der Waals surface area (Å²) in [6.45, 7) is 6.12. The van der Waals surface area contributed by atoms with E-state index in [-0.39, 0.29) is 18.6 Å². The van der Waals surface area contributed by atoms with Crippen LogP contribution in [0.2, 0.25) is 0 Å². The summed E-state index contributed by atoms with van der Waals surface area (Å²) < 4.78 is 9.14. The van der Waals surface area contributed by atoms with E-state index < -0.39 is 0 Å². The Morgan fingerprint density at radius 3 is 2.64 bits per heavy atom. The van der Waals surface area contributed by atoms with Crippen molar-refractivity contribution in [1.82, 2.24) is 24.5 Å². The predicted octanol–water partition coefficient (Wildman–Crippen LogP) is 3.86. The van der Waals surface area contributed by atoms with Crippen LogP contribution in [-0.2, 0) is 11.3 Å². The average Bonchev–Trinajstić information content (AvgIpc) is 3.35. The minimum Gasteiger partial charge on any atom is -0.457 e. The summed E-state index contributed by atoms with van der Waals surface area (Å²) in [6, 6.07) is 11.5. The van der Waals surface area contributed by atoms with Crippen LogP contribution in [0.5, 0.6) is 0 Å². The zero-order valence-electron chi connectivity index (χ0n) is 16.0. The standard InChI is InChI=1S/C21H21N5O2/c1-14(2)26-20-19(12-23-26)18(11-15(3)24-20)21(27)28-13-16-5-7-17(8-6-16)25-10-4-9-22-25/h4-12,14H,13H2,1-3H3. The molecule has 4 aromatic rings. The van der Waals surface area contributed by atoms with Gasteiger partial charge in [0.1, 0.15) is 6.61 Å². The Morgan fingerprint density at radius 1 is 1.18 bits per heavy atom. The van der Waals surface area contributed by atoms with Crippen LogP contribution in [0.25, 0.3) is 16.7 Å². The third-order valence-corrected chi connectivity index (χ3v) is 4.48. The summed E-state index contributed by atoms with van der Waals surface area (Å²) in [7, 11) is 0. The number of carbonyl (C=O) groups excluding carboxylic acids is 1. The van der Waals surface area contributed by atoms with Crippen molar-refractivity contribution in [3.8, 4) is 5.69 Å². The number of hydrogen-bond donors (Lipinski definition) is 0. The second-order valence-corrected chi connectivity index (χ2v) is 6.92. The first-order valence-electron chi connectivity index (χ1n) is 9.14. The Hall–Kier alpha value is -3.48. The molecule has 0 unspecified atom stereocenters. The van der Waals surface area contributed by atoms with Gasteiger partial charge in [-0.15, -0.1) is 0 Å². The van der Waals surface area contributed by atoms with E-state index in [1.165, 1.54) is 0 Å². The molecule has 3 aromatic heterocycles. The molecule has 0 atom stereocenters. The van der Waals surface area contributed by atoms with Crippen molar-refractivity contribution in [3.63, 3.8) is 0 Å². The maximum atomic E-state index is 12.7. The van der Waals surface area contributed by atoms with Crippen LogP contribution in [0, 0.1) is 6.92 Å². The Balaban J connectivity index is 1.52. The van der Waals surface area contributed by atoms with E-state index in [9.17, 15) is 4.79 Å². The molecule has 0 aliphatic heterocycles. The molecule has 7 nitrogen and oxygen atoms in total. The van der Waals surface area contributed by atoms with Crippen LogP contribution < -0.4 is 0 Å². The van der Waals surface area contributed by atoms with Crippen molar-refractivity contribution in [1.29, 1.82) is 0 Å². The van der Waals surface area contributed by atoms with E-state index in [0.29, 0.717) is 16.6 Å². The number of aryl methyl sites for hydroxylation is 1. The molecule has 0 saturated carbocycles. The number of carbonyl (C=O) groups is 1. The zero-order chi connectivity index (χ0) is 19.7. The van der Waals surface area contributed by atoms with Gasteiger partial charge in [-0.1, -0.05) is 12.1 Å². The molecule has 0 spiro atoms. The molecule has 4 rings (SSSR count). The minimum atomic E-state index is -0.380. The van der Waals surface area contributed by atoms with Gasteiger partial charge >= 0.3 is 5.97 Å². The van der Waals surface area contributed by atoms with E-state index in [2.05, 4.69) is 15.2 Å². The highest BCUT2D eigenvalue weighted by atomic mass is 16.5. The third-order valence-electron chi connectivity index (χ3n) is 4.48. The minimum absolute atomic E-state index is 0.156. The molecule has 0 radical (unpaired) electrons. The van der Waals surface area contributed by atoms with Gasteiger partial charge in [0.25, 0.3) is 0 Å². The molecule has 3 heterocycles. The number of nitrogens with zero attached hydrogens (tertiary/aromatic N) is 5. The van der Waals surface area contributed by atoms with Gasteiger partial charge in [0.15, 0.2) is 5.65 Å². The number of benzene rings is 1. The lowest BCUT2D eigenvalue weighted by Gasteiger charge is -2.09. The highest BCUT2D eigenvalue weighted by Crippen LogP contribution is 2.22. The lowest BCUT2D eigenvalue weighted by molar-refractivity contribution is 0.0475. The molecule has 7 heteroatoms. The first kappa shape index (κ1) is 17.9. The number of aromatic nitrogens is 5. The smallest absolute Gasteiger partial charge is 0.339 e. The van der Waals surface area contributed by atoms with Crippen LogP contribution in [0.15, 0.2) is 55.0 Å². The van der Waals surface area contributed by atoms with Crippen LogP contribution >= 0.6 is 0 Å². The van der Waals surface area contributed by atoms with E-state index in [1.807, 2.05) is 62.0 Å². The van der Waals surface area contributed by atoms with Crippen molar-refractivity contribution in [2.24, 2.45) is 0 Å². The van der Waals surface area contributed by atoms with E-state index in [0.717, 1.165) is 16.9 Å². The molecule has 28 heavy (non-hydrogen) atoms. The van der Waals surface area contributed by atoms with Gasteiger partial charge in [-0.05, 0) is 50.6 Å². The van der Waals surface area contributed by atoms with Crippen molar-refractivity contribution >= 4 is 17.0 Å². The molecule has 1 aromatic carbocycles. The van der Waals surface area contributed by atoms with Gasteiger partial charge in [0, 0.05) is 24.1 Å². The second kappa shape index (κ2) is 7.26. The van der Waals surface area contributed by atoms with Crippen molar-refractivity contribution < 1.29 is 9.53 Å². The summed E-state index contributed by atoms with van der Waals surface area (Å²) >= 11 is 0. The third kappa shape index (κ3) is 3.38.